The van der Waals surface area contributed by atoms with Crippen LogP contribution in [0.25, 0.3) is 0 Å². The van der Waals surface area contributed by atoms with Crippen LogP contribution in [-0.2, 0) is 0 Å². The highest BCUT2D eigenvalue weighted by Crippen LogP contribution is 2.28. The second-order valence-electron chi connectivity index (χ2n) is 5.12. The average Bonchev–Trinajstić information content (AvgIpc) is 2.66. The molecule has 0 fully saturated rings. The number of benzene rings is 2. The van der Waals surface area contributed by atoms with Crippen LogP contribution < -0.4 is 4.90 Å². The molecule has 0 saturated heterocycles. The van der Waals surface area contributed by atoms with Gasteiger partial charge in [-0.2, -0.15) is 20.9 Å². The van der Waals surface area contributed by atoms with E-state index in [9.17, 15) is 10.5 Å². The minimum atomic E-state index is 0.0600. The number of nitriles is 3. The zero-order valence-electron chi connectivity index (χ0n) is 13.5. The molecule has 25 heavy (non-hydrogen) atoms. The van der Waals surface area contributed by atoms with Crippen molar-refractivity contribution in [3.63, 3.8) is 0 Å². The van der Waals surface area contributed by atoms with Gasteiger partial charge in [-0.1, -0.05) is 0 Å². The van der Waals surface area contributed by atoms with Crippen LogP contribution in [0.4, 0.5) is 17.1 Å². The summed E-state index contributed by atoms with van der Waals surface area (Å²) in [5.74, 6) is 0. The van der Waals surface area contributed by atoms with Crippen LogP contribution in [0.2, 0.25) is 0 Å². The van der Waals surface area contributed by atoms with Gasteiger partial charge in [0.2, 0.25) is 0 Å². The van der Waals surface area contributed by atoms with Crippen molar-refractivity contribution in [2.24, 2.45) is 10.2 Å². The standard InChI is InChI=1S/C18H14N6O/c1-24(6-7-25)17-4-2-16(3-5-17)22-23-18-14(11-20)8-13(10-19)9-15(18)12-21/h2-5,8-9,25H,6-7H2,1H3. The molecule has 122 valence electrons. The van der Waals surface area contributed by atoms with Gasteiger partial charge in [-0.3, -0.25) is 0 Å². The van der Waals surface area contributed by atoms with Gasteiger partial charge in [-0.25, -0.2) is 0 Å². The van der Waals surface area contributed by atoms with Crippen LogP contribution in [0.15, 0.2) is 46.6 Å². The Morgan fingerprint density at radius 2 is 1.56 bits per heavy atom. The average molecular weight is 330 g/mol. The maximum Gasteiger partial charge on any atom is 0.121 e. The maximum absolute atomic E-state index is 9.21. The minimum Gasteiger partial charge on any atom is -0.395 e. The molecule has 0 aromatic heterocycles. The highest BCUT2D eigenvalue weighted by molar-refractivity contribution is 5.66. The Bertz CT molecular complexity index is 878. The lowest BCUT2D eigenvalue weighted by atomic mass is 10.0. The molecule has 2 aromatic rings. The summed E-state index contributed by atoms with van der Waals surface area (Å²) in [7, 11) is 1.86. The molecule has 0 aliphatic carbocycles. The Balaban J connectivity index is 2.32. The molecular formula is C18H14N6O. The van der Waals surface area contributed by atoms with Crippen molar-refractivity contribution in [2.75, 3.05) is 25.1 Å². The number of anilines is 1. The predicted molar refractivity (Wildman–Crippen MR) is 91.6 cm³/mol. The molecule has 0 amide bonds. The van der Waals surface area contributed by atoms with Gasteiger partial charge in [0, 0.05) is 19.3 Å². The molecule has 0 bridgehead atoms. The Hall–Kier alpha value is -3.73. The highest BCUT2D eigenvalue weighted by atomic mass is 16.3. The van der Waals surface area contributed by atoms with Crippen molar-refractivity contribution in [2.45, 2.75) is 0 Å². The number of aliphatic hydroxyl groups excluding tert-OH is 1. The predicted octanol–water partition coefficient (Wildman–Crippen LogP) is 3.15. The molecule has 0 unspecified atom stereocenters. The van der Waals surface area contributed by atoms with E-state index >= 15 is 0 Å². The summed E-state index contributed by atoms with van der Waals surface area (Å²) < 4.78 is 0. The lowest BCUT2D eigenvalue weighted by Crippen LogP contribution is -2.20. The van der Waals surface area contributed by atoms with Crippen molar-refractivity contribution in [3.8, 4) is 18.2 Å². The van der Waals surface area contributed by atoms with Gasteiger partial charge >= 0.3 is 0 Å². The molecule has 0 aliphatic rings. The number of hydrogen-bond acceptors (Lipinski definition) is 7. The largest absolute Gasteiger partial charge is 0.395 e. The van der Waals surface area contributed by atoms with Crippen molar-refractivity contribution in [1.82, 2.24) is 0 Å². The molecule has 1 N–H and O–H groups in total. The lowest BCUT2D eigenvalue weighted by Gasteiger charge is -2.17. The van der Waals surface area contributed by atoms with Gasteiger partial charge in [0.05, 0.1) is 35.1 Å². The Morgan fingerprint density at radius 1 is 0.960 bits per heavy atom. The summed E-state index contributed by atoms with van der Waals surface area (Å²) in [5.41, 5.74) is 2.09. The van der Waals surface area contributed by atoms with E-state index in [2.05, 4.69) is 10.2 Å². The van der Waals surface area contributed by atoms with Crippen LogP contribution in [-0.4, -0.2) is 25.3 Å². The number of hydrogen-bond donors (Lipinski definition) is 1. The fourth-order valence-corrected chi connectivity index (χ4v) is 2.14. The first-order chi connectivity index (χ1) is 12.1. The molecule has 0 aliphatic heterocycles. The van der Waals surface area contributed by atoms with Crippen LogP contribution in [0, 0.1) is 34.0 Å². The first-order valence-electron chi connectivity index (χ1n) is 7.35. The third-order valence-electron chi connectivity index (χ3n) is 3.47. The monoisotopic (exact) mass is 330 g/mol. The zero-order chi connectivity index (χ0) is 18.2. The van der Waals surface area contributed by atoms with Crippen LogP contribution >= 0.6 is 0 Å². The van der Waals surface area contributed by atoms with Gasteiger partial charge in [0.1, 0.15) is 17.8 Å². The number of azo groups is 1. The number of nitrogens with zero attached hydrogens (tertiary/aromatic N) is 6. The topological polar surface area (TPSA) is 120 Å². The molecule has 2 rings (SSSR count). The number of aliphatic hydroxyl groups is 1. The van der Waals surface area contributed by atoms with Crippen molar-refractivity contribution < 1.29 is 5.11 Å². The van der Waals surface area contributed by atoms with Gasteiger partial charge in [0.25, 0.3) is 0 Å². The van der Waals surface area contributed by atoms with Crippen LogP contribution in [0.3, 0.4) is 0 Å². The van der Waals surface area contributed by atoms with Crippen molar-refractivity contribution in [1.29, 1.82) is 15.8 Å². The van der Waals surface area contributed by atoms with E-state index in [1.165, 1.54) is 12.1 Å². The summed E-state index contributed by atoms with van der Waals surface area (Å²) in [5, 5.41) is 44.4. The molecule has 0 spiro atoms. The first-order valence-corrected chi connectivity index (χ1v) is 7.35. The number of likely N-dealkylation sites (N-methyl/N-ethyl adjacent to an activating group) is 1. The summed E-state index contributed by atoms with van der Waals surface area (Å²) in [6.45, 7) is 0.577. The van der Waals surface area contributed by atoms with E-state index < -0.39 is 0 Å². The fraction of sp³-hybridized carbons (Fsp3) is 0.167. The third kappa shape index (κ3) is 4.17. The zero-order valence-corrected chi connectivity index (χ0v) is 13.5. The van der Waals surface area contributed by atoms with E-state index in [1.54, 1.807) is 12.1 Å². The first kappa shape index (κ1) is 17.6. The third-order valence-corrected chi connectivity index (χ3v) is 3.47. The number of rotatable bonds is 5. The normalized spacial score (nSPS) is 10.0. The van der Waals surface area contributed by atoms with E-state index in [4.69, 9.17) is 10.4 Å². The van der Waals surface area contributed by atoms with Crippen molar-refractivity contribution >= 4 is 17.1 Å². The smallest absolute Gasteiger partial charge is 0.121 e. The van der Waals surface area contributed by atoms with E-state index in [0.29, 0.717) is 12.2 Å². The minimum absolute atomic E-state index is 0.0600. The van der Waals surface area contributed by atoms with Crippen LogP contribution in [0.5, 0.6) is 0 Å². The molecule has 0 saturated carbocycles. The maximum atomic E-state index is 9.21. The summed E-state index contributed by atoms with van der Waals surface area (Å²) >= 11 is 0. The fourth-order valence-electron chi connectivity index (χ4n) is 2.14. The van der Waals surface area contributed by atoms with E-state index in [0.717, 1.165) is 5.69 Å². The Labute approximate surface area is 145 Å². The summed E-state index contributed by atoms with van der Waals surface area (Å²) in [6, 6.07) is 15.7. The van der Waals surface area contributed by atoms with Gasteiger partial charge in [-0.15, -0.1) is 5.11 Å². The van der Waals surface area contributed by atoms with E-state index in [-0.39, 0.29) is 29.0 Å². The van der Waals surface area contributed by atoms with E-state index in [1.807, 2.05) is 42.3 Å². The molecule has 2 aromatic carbocycles. The molecule has 0 radical (unpaired) electrons. The SMILES string of the molecule is CN(CCO)c1ccc(N=Nc2c(C#N)cc(C#N)cc2C#N)cc1. The van der Waals surface area contributed by atoms with Gasteiger partial charge in [-0.05, 0) is 36.4 Å². The molecule has 7 heteroatoms. The summed E-state index contributed by atoms with van der Waals surface area (Å²) in [4.78, 5) is 1.89. The van der Waals surface area contributed by atoms with Crippen molar-refractivity contribution in [3.05, 3.63) is 53.1 Å². The Morgan fingerprint density at radius 3 is 2.04 bits per heavy atom. The van der Waals surface area contributed by atoms with Gasteiger partial charge in [0.15, 0.2) is 0 Å². The van der Waals surface area contributed by atoms with Crippen LogP contribution in [0.1, 0.15) is 16.7 Å². The summed E-state index contributed by atoms with van der Waals surface area (Å²) in [6.07, 6.45) is 0. The molecule has 0 heterocycles. The quantitative estimate of drug-likeness (QED) is 0.844. The van der Waals surface area contributed by atoms with Gasteiger partial charge < -0.3 is 10.0 Å². The second-order valence-corrected chi connectivity index (χ2v) is 5.12. The lowest BCUT2D eigenvalue weighted by molar-refractivity contribution is 0.304. The molecular weight excluding hydrogens is 316 g/mol. The molecule has 7 nitrogen and oxygen atoms in total. The Kier molecular flexibility index (Phi) is 5.79. The molecule has 0 atom stereocenters. The highest BCUT2D eigenvalue weighted by Gasteiger charge is 2.10. The second kappa shape index (κ2) is 8.21.